The summed E-state index contributed by atoms with van der Waals surface area (Å²) in [5.74, 6) is -0.0647. The van der Waals surface area contributed by atoms with Crippen molar-refractivity contribution in [1.29, 1.82) is 0 Å². The fraction of sp³-hybridized carbons (Fsp3) is 0. The van der Waals surface area contributed by atoms with E-state index in [-0.39, 0.29) is 5.78 Å². The fourth-order valence-corrected chi connectivity index (χ4v) is 2.47. The van der Waals surface area contributed by atoms with E-state index < -0.39 is 0 Å². The van der Waals surface area contributed by atoms with Gasteiger partial charge in [-0.05, 0) is 6.07 Å². The van der Waals surface area contributed by atoms with Gasteiger partial charge in [0.05, 0.1) is 11.1 Å². The molecule has 0 saturated heterocycles. The van der Waals surface area contributed by atoms with E-state index >= 15 is 0 Å². The standard InChI is InChI=1S/C13H7N3O2/c17-13-7-4-5-16(18)6-9(7)12-11-8(13)2-1-3-10(11)14-15-12/h1-6H,(H,14,15). The van der Waals surface area contributed by atoms with E-state index in [1.54, 1.807) is 12.1 Å². The Balaban J connectivity index is 2.24. The molecule has 0 fully saturated rings. The molecule has 0 amide bonds. The van der Waals surface area contributed by atoms with Crippen molar-refractivity contribution < 1.29 is 9.52 Å². The van der Waals surface area contributed by atoms with Crippen LogP contribution in [0.15, 0.2) is 36.7 Å². The maximum absolute atomic E-state index is 12.4. The van der Waals surface area contributed by atoms with Crippen molar-refractivity contribution in [2.45, 2.75) is 0 Å². The number of aromatic amines is 1. The summed E-state index contributed by atoms with van der Waals surface area (Å²) in [6, 6.07) is 7.01. The summed E-state index contributed by atoms with van der Waals surface area (Å²) in [4.78, 5) is 12.4. The number of benzene rings is 1. The topological polar surface area (TPSA) is 72.7 Å². The highest BCUT2D eigenvalue weighted by atomic mass is 16.5. The second-order valence-corrected chi connectivity index (χ2v) is 4.26. The molecule has 0 bridgehead atoms. The number of pyridine rings is 1. The van der Waals surface area contributed by atoms with E-state index in [2.05, 4.69) is 10.2 Å². The van der Waals surface area contributed by atoms with Gasteiger partial charge in [-0.2, -0.15) is 9.83 Å². The monoisotopic (exact) mass is 237 g/mol. The van der Waals surface area contributed by atoms with Crippen LogP contribution in [0.4, 0.5) is 0 Å². The molecule has 2 heterocycles. The molecule has 0 radical (unpaired) electrons. The normalized spacial score (nSPS) is 12.8. The summed E-state index contributed by atoms with van der Waals surface area (Å²) in [5.41, 5.74) is 3.22. The first-order valence-corrected chi connectivity index (χ1v) is 5.51. The van der Waals surface area contributed by atoms with Gasteiger partial charge in [-0.3, -0.25) is 9.89 Å². The first-order valence-electron chi connectivity index (χ1n) is 5.51. The Morgan fingerprint density at radius 1 is 1.17 bits per heavy atom. The molecule has 2 aromatic heterocycles. The van der Waals surface area contributed by atoms with Crippen molar-refractivity contribution in [3.63, 3.8) is 0 Å². The minimum Gasteiger partial charge on any atom is -0.619 e. The first kappa shape index (κ1) is 9.35. The zero-order chi connectivity index (χ0) is 12.3. The Kier molecular flexibility index (Phi) is 1.53. The number of rotatable bonds is 0. The molecule has 0 unspecified atom stereocenters. The number of fused-ring (bicyclic) bond motifs is 2. The van der Waals surface area contributed by atoms with E-state index in [0.717, 1.165) is 10.9 Å². The number of aromatic nitrogens is 3. The van der Waals surface area contributed by atoms with Gasteiger partial charge in [-0.25, -0.2) is 0 Å². The highest BCUT2D eigenvalue weighted by Gasteiger charge is 2.28. The van der Waals surface area contributed by atoms with Crippen LogP contribution in [0.2, 0.25) is 0 Å². The Morgan fingerprint density at radius 3 is 2.94 bits per heavy atom. The number of nitrogens with one attached hydrogen (secondary N) is 1. The molecule has 1 aliphatic carbocycles. The lowest BCUT2D eigenvalue weighted by atomic mass is 9.89. The number of hydrogen-bond donors (Lipinski definition) is 1. The highest BCUT2D eigenvalue weighted by Crippen LogP contribution is 2.36. The first-order chi connectivity index (χ1) is 8.75. The molecule has 1 aliphatic rings. The number of nitrogens with zero attached hydrogens (tertiary/aromatic N) is 2. The molecular weight excluding hydrogens is 230 g/mol. The zero-order valence-corrected chi connectivity index (χ0v) is 9.18. The van der Waals surface area contributed by atoms with Crippen molar-refractivity contribution in [3.8, 4) is 11.3 Å². The minimum atomic E-state index is -0.0647. The van der Waals surface area contributed by atoms with E-state index in [4.69, 9.17) is 0 Å². The summed E-state index contributed by atoms with van der Waals surface area (Å²) in [7, 11) is 0. The van der Waals surface area contributed by atoms with Crippen LogP contribution >= 0.6 is 0 Å². The minimum absolute atomic E-state index is 0.0647. The summed E-state index contributed by atoms with van der Waals surface area (Å²) < 4.78 is 0.681. The van der Waals surface area contributed by atoms with Gasteiger partial charge in [-0.15, -0.1) is 0 Å². The van der Waals surface area contributed by atoms with Crippen molar-refractivity contribution >= 4 is 16.7 Å². The Bertz CT molecular complexity index is 820. The largest absolute Gasteiger partial charge is 0.619 e. The van der Waals surface area contributed by atoms with Crippen LogP contribution in [0.1, 0.15) is 15.9 Å². The van der Waals surface area contributed by atoms with Crippen molar-refractivity contribution in [2.75, 3.05) is 0 Å². The molecule has 3 aromatic rings. The molecule has 0 spiro atoms. The summed E-state index contributed by atoms with van der Waals surface area (Å²) in [5, 5.41) is 19.3. The van der Waals surface area contributed by atoms with Crippen molar-refractivity contribution in [2.24, 2.45) is 0 Å². The smallest absolute Gasteiger partial charge is 0.194 e. The second-order valence-electron chi connectivity index (χ2n) is 4.26. The average molecular weight is 237 g/mol. The van der Waals surface area contributed by atoms with Gasteiger partial charge in [-0.1, -0.05) is 12.1 Å². The summed E-state index contributed by atoms with van der Waals surface area (Å²) in [6.07, 6.45) is 2.72. The molecule has 0 aliphatic heterocycles. The quantitative estimate of drug-likeness (QED) is 0.371. The van der Waals surface area contributed by atoms with Gasteiger partial charge >= 0.3 is 0 Å². The maximum atomic E-state index is 12.4. The van der Waals surface area contributed by atoms with Crippen molar-refractivity contribution in [3.05, 3.63) is 53.0 Å². The van der Waals surface area contributed by atoms with Crippen molar-refractivity contribution in [1.82, 2.24) is 10.2 Å². The summed E-state index contributed by atoms with van der Waals surface area (Å²) >= 11 is 0. The van der Waals surface area contributed by atoms with Crippen LogP contribution in [0.25, 0.3) is 22.2 Å². The van der Waals surface area contributed by atoms with E-state index in [9.17, 15) is 10.0 Å². The molecule has 5 heteroatoms. The zero-order valence-electron chi connectivity index (χ0n) is 9.18. The fourth-order valence-electron chi connectivity index (χ4n) is 2.47. The van der Waals surface area contributed by atoms with Gasteiger partial charge in [0.25, 0.3) is 0 Å². The number of carbonyl (C=O) groups is 1. The molecular formula is C13H7N3O2. The van der Waals surface area contributed by atoms with E-state index in [1.165, 1.54) is 12.4 Å². The van der Waals surface area contributed by atoms with Crippen LogP contribution in [-0.2, 0) is 0 Å². The van der Waals surface area contributed by atoms with E-state index in [0.29, 0.717) is 27.1 Å². The van der Waals surface area contributed by atoms with Crippen LogP contribution in [0, 0.1) is 5.21 Å². The molecule has 4 rings (SSSR count). The number of hydrogen-bond acceptors (Lipinski definition) is 3. The maximum Gasteiger partial charge on any atom is 0.194 e. The lowest BCUT2D eigenvalue weighted by molar-refractivity contribution is -0.604. The molecule has 86 valence electrons. The lowest BCUT2D eigenvalue weighted by Crippen LogP contribution is -2.26. The number of H-pyrrole nitrogens is 1. The molecule has 0 atom stereocenters. The predicted molar refractivity (Wildman–Crippen MR) is 63.9 cm³/mol. The third-order valence-electron chi connectivity index (χ3n) is 3.27. The van der Waals surface area contributed by atoms with Crippen LogP contribution < -0.4 is 4.73 Å². The van der Waals surface area contributed by atoms with E-state index in [1.807, 2.05) is 12.1 Å². The average Bonchev–Trinajstić information content (AvgIpc) is 2.80. The summed E-state index contributed by atoms with van der Waals surface area (Å²) in [6.45, 7) is 0. The van der Waals surface area contributed by atoms with Crippen LogP contribution in [0.3, 0.4) is 0 Å². The third kappa shape index (κ3) is 0.982. The third-order valence-corrected chi connectivity index (χ3v) is 3.27. The van der Waals surface area contributed by atoms with Gasteiger partial charge < -0.3 is 5.21 Å². The Labute approximate surface area is 101 Å². The predicted octanol–water partition coefficient (Wildman–Crippen LogP) is 1.41. The second kappa shape index (κ2) is 2.95. The lowest BCUT2D eigenvalue weighted by Gasteiger charge is -2.13. The van der Waals surface area contributed by atoms with Gasteiger partial charge in [0.15, 0.2) is 18.2 Å². The Hall–Kier alpha value is -2.69. The van der Waals surface area contributed by atoms with Crippen LogP contribution in [-0.4, -0.2) is 16.0 Å². The molecule has 18 heavy (non-hydrogen) atoms. The molecule has 1 aromatic carbocycles. The highest BCUT2D eigenvalue weighted by molar-refractivity contribution is 6.24. The molecule has 1 N–H and O–H groups in total. The SMILES string of the molecule is O=C1c2cc[n+]([O-])cc2-c2n[nH]c3cccc1c23. The van der Waals surface area contributed by atoms with Gasteiger partial charge in [0, 0.05) is 22.6 Å². The number of carbonyl (C=O) groups excluding carboxylic acids is 1. The van der Waals surface area contributed by atoms with Crippen LogP contribution in [0.5, 0.6) is 0 Å². The van der Waals surface area contributed by atoms with Gasteiger partial charge in [0.1, 0.15) is 5.69 Å². The number of ketones is 1. The molecule has 0 saturated carbocycles. The Morgan fingerprint density at radius 2 is 2.06 bits per heavy atom. The molecule has 5 nitrogen and oxygen atoms in total. The van der Waals surface area contributed by atoms with Gasteiger partial charge in [0.2, 0.25) is 0 Å².